The smallest absolute Gasteiger partial charge is 0.274 e. The van der Waals surface area contributed by atoms with Crippen LogP contribution in [0.4, 0.5) is 0 Å². The van der Waals surface area contributed by atoms with Gasteiger partial charge in [0.2, 0.25) is 0 Å². The number of aliphatic hydroxyl groups is 3. The Bertz CT molecular complexity index is 285. The van der Waals surface area contributed by atoms with E-state index < -0.39 is 40.2 Å². The van der Waals surface area contributed by atoms with Crippen LogP contribution in [0.5, 0.6) is 0 Å². The Labute approximate surface area is 81.9 Å². The first-order chi connectivity index (χ1) is 6.18. The first-order valence-electron chi connectivity index (χ1n) is 3.77. The summed E-state index contributed by atoms with van der Waals surface area (Å²) in [4.78, 5) is 0. The highest BCUT2D eigenvalue weighted by atomic mass is 32.2. The first-order valence-corrected chi connectivity index (χ1v) is 5.21. The lowest BCUT2D eigenvalue weighted by molar-refractivity contribution is 0.0635. The molecule has 0 fully saturated rings. The average molecular weight is 229 g/mol. The quantitative estimate of drug-likeness (QED) is 0.323. The Morgan fingerprint density at radius 2 is 1.50 bits per heavy atom. The van der Waals surface area contributed by atoms with Gasteiger partial charge in [-0.3, -0.25) is 4.55 Å². The molecule has 0 saturated heterocycles. The van der Waals surface area contributed by atoms with Gasteiger partial charge in [0, 0.05) is 0 Å². The van der Waals surface area contributed by atoms with Crippen molar-refractivity contribution >= 4 is 10.1 Å². The lowest BCUT2D eigenvalue weighted by atomic mass is 9.87. The van der Waals surface area contributed by atoms with E-state index in [4.69, 9.17) is 25.6 Å². The topological polar surface area (TPSA) is 141 Å². The van der Waals surface area contributed by atoms with Gasteiger partial charge in [-0.25, -0.2) is 0 Å². The molecule has 1 unspecified atom stereocenters. The van der Waals surface area contributed by atoms with Crippen LogP contribution in [0.25, 0.3) is 0 Å². The number of hydrogen-bond donors (Lipinski definition) is 5. The number of rotatable bonds is 5. The van der Waals surface area contributed by atoms with Crippen molar-refractivity contribution in [1.82, 2.24) is 0 Å². The maximum absolute atomic E-state index is 10.9. The summed E-state index contributed by atoms with van der Waals surface area (Å²) in [5.74, 6) is 0. The van der Waals surface area contributed by atoms with Crippen molar-refractivity contribution < 1.29 is 28.3 Å². The molecule has 0 heterocycles. The number of aliphatic hydroxyl groups excluding tert-OH is 3. The molecule has 7 nitrogen and oxygen atoms in total. The molecule has 0 rings (SSSR count). The van der Waals surface area contributed by atoms with Gasteiger partial charge < -0.3 is 21.1 Å². The van der Waals surface area contributed by atoms with Crippen LogP contribution in [0.15, 0.2) is 0 Å². The summed E-state index contributed by atoms with van der Waals surface area (Å²) >= 11 is 0. The first kappa shape index (κ1) is 13.8. The van der Waals surface area contributed by atoms with Crippen LogP contribution >= 0.6 is 0 Å². The highest BCUT2D eigenvalue weighted by Gasteiger charge is 2.53. The molecule has 0 aromatic carbocycles. The van der Waals surface area contributed by atoms with Gasteiger partial charge in [-0.1, -0.05) is 0 Å². The summed E-state index contributed by atoms with van der Waals surface area (Å²) in [5, 5.41) is 26.6. The summed E-state index contributed by atoms with van der Waals surface area (Å²) < 4.78 is 28.5. The summed E-state index contributed by atoms with van der Waals surface area (Å²) in [6.07, 6.45) is 0. The fraction of sp³-hybridized carbons (Fsp3) is 1.00. The van der Waals surface area contributed by atoms with Crippen molar-refractivity contribution in [2.24, 2.45) is 5.73 Å². The van der Waals surface area contributed by atoms with E-state index in [1.165, 1.54) is 0 Å². The molecule has 8 heteroatoms. The van der Waals surface area contributed by atoms with Crippen LogP contribution < -0.4 is 5.73 Å². The molecule has 0 aromatic heterocycles. The Hall–Kier alpha value is -0.250. The molecule has 0 aliphatic carbocycles. The summed E-state index contributed by atoms with van der Waals surface area (Å²) in [5.41, 5.74) is 3.37. The fourth-order valence-electron chi connectivity index (χ4n) is 0.880. The van der Waals surface area contributed by atoms with Crippen molar-refractivity contribution in [2.75, 3.05) is 19.8 Å². The zero-order valence-corrected chi connectivity index (χ0v) is 8.53. The minimum atomic E-state index is -4.69. The molecular weight excluding hydrogens is 214 g/mol. The van der Waals surface area contributed by atoms with E-state index in [9.17, 15) is 8.42 Å². The van der Waals surface area contributed by atoms with Gasteiger partial charge in [-0.05, 0) is 6.92 Å². The van der Waals surface area contributed by atoms with E-state index in [2.05, 4.69) is 0 Å². The molecule has 0 amide bonds. The molecular formula is C6H15NO6S. The van der Waals surface area contributed by atoms with Crippen LogP contribution in [0.2, 0.25) is 0 Å². The summed E-state index contributed by atoms with van der Waals surface area (Å²) in [6, 6.07) is 0. The molecule has 0 saturated carbocycles. The third-order valence-electron chi connectivity index (χ3n) is 2.49. The van der Waals surface area contributed by atoms with Crippen molar-refractivity contribution in [3.63, 3.8) is 0 Å². The molecule has 86 valence electrons. The van der Waals surface area contributed by atoms with E-state index >= 15 is 0 Å². The SMILES string of the molecule is CC(CO)(C(N)(CO)CO)S(=O)(=O)O. The largest absolute Gasteiger partial charge is 0.395 e. The average Bonchev–Trinajstić information content (AvgIpc) is 2.13. The Kier molecular flexibility index (Phi) is 4.02. The van der Waals surface area contributed by atoms with Crippen LogP contribution in [0.1, 0.15) is 6.92 Å². The minimum Gasteiger partial charge on any atom is -0.395 e. The molecule has 6 N–H and O–H groups in total. The van der Waals surface area contributed by atoms with Gasteiger partial charge in [-0.15, -0.1) is 0 Å². The highest BCUT2D eigenvalue weighted by molar-refractivity contribution is 7.87. The lowest BCUT2D eigenvalue weighted by Crippen LogP contribution is -2.68. The van der Waals surface area contributed by atoms with E-state index in [0.29, 0.717) is 0 Å². The standard InChI is InChI=1S/C6H15NO6S/c1-5(2-8,14(11,12)13)6(7,3-9)4-10/h8-10H,2-4,7H2,1H3,(H,11,12,13). The van der Waals surface area contributed by atoms with Crippen molar-refractivity contribution in [3.05, 3.63) is 0 Å². The van der Waals surface area contributed by atoms with Crippen LogP contribution in [0.3, 0.4) is 0 Å². The normalized spacial score (nSPS) is 17.9. The van der Waals surface area contributed by atoms with Crippen molar-refractivity contribution in [3.8, 4) is 0 Å². The Morgan fingerprint density at radius 3 is 1.57 bits per heavy atom. The minimum absolute atomic E-state index is 0.889. The predicted octanol–water partition coefficient (Wildman–Crippen LogP) is -2.69. The molecule has 0 spiro atoms. The van der Waals surface area contributed by atoms with E-state index in [1.54, 1.807) is 0 Å². The molecule has 0 bridgehead atoms. The molecule has 0 aliphatic heterocycles. The van der Waals surface area contributed by atoms with Gasteiger partial charge in [0.1, 0.15) is 4.75 Å². The molecule has 0 radical (unpaired) electrons. The van der Waals surface area contributed by atoms with Gasteiger partial charge in [0.05, 0.1) is 25.4 Å². The van der Waals surface area contributed by atoms with Gasteiger partial charge in [0.25, 0.3) is 10.1 Å². The van der Waals surface area contributed by atoms with Crippen LogP contribution in [-0.4, -0.2) is 58.4 Å². The molecule has 1 atom stereocenters. The number of nitrogens with two attached hydrogens (primary N) is 1. The summed E-state index contributed by atoms with van der Waals surface area (Å²) in [6.45, 7) is -1.85. The van der Waals surface area contributed by atoms with Crippen LogP contribution in [0, 0.1) is 0 Å². The van der Waals surface area contributed by atoms with E-state index in [1.807, 2.05) is 0 Å². The van der Waals surface area contributed by atoms with E-state index in [-0.39, 0.29) is 0 Å². The maximum atomic E-state index is 10.9. The Morgan fingerprint density at radius 1 is 1.14 bits per heavy atom. The Balaban J connectivity index is 5.45. The zero-order valence-electron chi connectivity index (χ0n) is 7.71. The van der Waals surface area contributed by atoms with Crippen LogP contribution in [-0.2, 0) is 10.1 Å². The second-order valence-corrected chi connectivity index (χ2v) is 5.19. The van der Waals surface area contributed by atoms with E-state index in [0.717, 1.165) is 6.92 Å². The second kappa shape index (κ2) is 4.09. The van der Waals surface area contributed by atoms with Crippen molar-refractivity contribution in [1.29, 1.82) is 0 Å². The molecule has 14 heavy (non-hydrogen) atoms. The van der Waals surface area contributed by atoms with Crippen molar-refractivity contribution in [2.45, 2.75) is 17.2 Å². The summed E-state index contributed by atoms with van der Waals surface area (Å²) in [7, 11) is -4.69. The lowest BCUT2D eigenvalue weighted by Gasteiger charge is -2.39. The molecule has 0 aliphatic rings. The fourth-order valence-corrected chi connectivity index (χ4v) is 1.69. The predicted molar refractivity (Wildman–Crippen MR) is 48.1 cm³/mol. The highest BCUT2D eigenvalue weighted by Crippen LogP contribution is 2.27. The third kappa shape index (κ3) is 1.90. The monoisotopic (exact) mass is 229 g/mol. The third-order valence-corrected chi connectivity index (χ3v) is 4.16. The zero-order chi connectivity index (χ0) is 11.6. The number of hydrogen-bond acceptors (Lipinski definition) is 6. The maximum Gasteiger partial charge on any atom is 0.274 e. The van der Waals surface area contributed by atoms with Gasteiger partial charge in [0.15, 0.2) is 0 Å². The second-order valence-electron chi connectivity index (χ2n) is 3.34. The van der Waals surface area contributed by atoms with Gasteiger partial charge in [-0.2, -0.15) is 8.42 Å². The van der Waals surface area contributed by atoms with Gasteiger partial charge >= 0.3 is 0 Å². The molecule has 0 aromatic rings.